The summed E-state index contributed by atoms with van der Waals surface area (Å²) in [5.74, 6) is 0.441. The van der Waals surface area contributed by atoms with E-state index in [1.807, 2.05) is 4.90 Å². The fraction of sp³-hybridized carbons (Fsp3) is 0.588. The Labute approximate surface area is 159 Å². The highest BCUT2D eigenvalue weighted by Crippen LogP contribution is 2.35. The topological polar surface area (TPSA) is 72.3 Å². The summed E-state index contributed by atoms with van der Waals surface area (Å²) < 4.78 is 33.4. The molecule has 0 radical (unpaired) electrons. The van der Waals surface area contributed by atoms with Crippen LogP contribution >= 0.6 is 11.3 Å². The van der Waals surface area contributed by atoms with Gasteiger partial charge in [0.25, 0.3) is 12.3 Å². The molecule has 146 valence electrons. The molecule has 7 nitrogen and oxygen atoms in total. The second-order valence-corrected chi connectivity index (χ2v) is 7.94. The lowest BCUT2D eigenvalue weighted by molar-refractivity contribution is 0.0506. The van der Waals surface area contributed by atoms with Gasteiger partial charge in [-0.25, -0.2) is 13.5 Å². The van der Waals surface area contributed by atoms with Crippen LogP contribution < -0.4 is 10.1 Å². The van der Waals surface area contributed by atoms with Crippen molar-refractivity contribution in [3.05, 3.63) is 23.3 Å². The maximum Gasteiger partial charge on any atom is 0.264 e. The molecule has 1 N–H and O–H groups in total. The second kappa shape index (κ2) is 7.41. The molecule has 2 aliphatic heterocycles. The van der Waals surface area contributed by atoms with Crippen LogP contribution in [0.3, 0.4) is 0 Å². The van der Waals surface area contributed by atoms with Crippen molar-refractivity contribution in [2.24, 2.45) is 5.92 Å². The smallest absolute Gasteiger partial charge is 0.264 e. The molecule has 0 aliphatic carbocycles. The molecule has 0 spiro atoms. The van der Waals surface area contributed by atoms with Crippen molar-refractivity contribution in [3.8, 4) is 5.06 Å². The van der Waals surface area contributed by atoms with E-state index in [1.54, 1.807) is 19.2 Å². The van der Waals surface area contributed by atoms with E-state index >= 15 is 0 Å². The molecule has 2 aromatic heterocycles. The number of piperidine rings is 1. The van der Waals surface area contributed by atoms with Gasteiger partial charge >= 0.3 is 0 Å². The summed E-state index contributed by atoms with van der Waals surface area (Å²) >= 11 is 1.32. The summed E-state index contributed by atoms with van der Waals surface area (Å²) in [7, 11) is 1.57. The molecule has 2 aliphatic rings. The van der Waals surface area contributed by atoms with Gasteiger partial charge in [0.2, 0.25) is 5.95 Å². The number of aromatic nitrogens is 3. The zero-order valence-electron chi connectivity index (χ0n) is 14.8. The number of hydrogen-bond donors (Lipinski definition) is 1. The molecular weight excluding hydrogens is 376 g/mol. The Hall–Kier alpha value is -2.23. The van der Waals surface area contributed by atoms with Gasteiger partial charge in [0.05, 0.1) is 12.0 Å². The SMILES string of the molecule is COc1ccc(C(=O)N2CCC[C@H]([C@@H]3C[C@H](C(F)F)n4ncnc4N3)C2)s1. The van der Waals surface area contributed by atoms with Crippen LogP contribution in [0.25, 0.3) is 0 Å². The third kappa shape index (κ3) is 3.50. The number of fused-ring (bicyclic) bond motifs is 1. The molecule has 0 unspecified atom stereocenters. The largest absolute Gasteiger partial charge is 0.487 e. The number of amides is 1. The molecule has 1 fully saturated rings. The number of thiophene rings is 1. The number of nitrogens with one attached hydrogen (secondary N) is 1. The van der Waals surface area contributed by atoms with Gasteiger partial charge in [-0.15, -0.1) is 0 Å². The lowest BCUT2D eigenvalue weighted by atomic mass is 9.86. The molecule has 4 rings (SSSR count). The van der Waals surface area contributed by atoms with Crippen molar-refractivity contribution in [2.45, 2.75) is 37.8 Å². The summed E-state index contributed by atoms with van der Waals surface area (Å²) in [4.78, 5) is 19.3. The highest BCUT2D eigenvalue weighted by Gasteiger charge is 2.39. The molecule has 3 atom stereocenters. The molecule has 1 amide bonds. The van der Waals surface area contributed by atoms with Crippen molar-refractivity contribution in [3.63, 3.8) is 0 Å². The van der Waals surface area contributed by atoms with Gasteiger partial charge in [0, 0.05) is 19.1 Å². The number of alkyl halides is 2. The van der Waals surface area contributed by atoms with Crippen LogP contribution in [-0.2, 0) is 0 Å². The minimum atomic E-state index is -2.50. The third-order valence-corrected chi connectivity index (χ3v) is 6.33. The predicted molar refractivity (Wildman–Crippen MR) is 96.6 cm³/mol. The van der Waals surface area contributed by atoms with Crippen LogP contribution in [0, 0.1) is 5.92 Å². The number of methoxy groups -OCH3 is 1. The third-order valence-electron chi connectivity index (χ3n) is 5.30. The number of halogens is 2. The number of nitrogens with zero attached hydrogens (tertiary/aromatic N) is 4. The summed E-state index contributed by atoms with van der Waals surface area (Å²) in [5, 5.41) is 7.86. The zero-order valence-corrected chi connectivity index (χ0v) is 15.7. The van der Waals surface area contributed by atoms with Gasteiger partial charge in [-0.2, -0.15) is 10.1 Å². The molecule has 4 heterocycles. The Bertz CT molecular complexity index is 811. The monoisotopic (exact) mass is 397 g/mol. The van der Waals surface area contributed by atoms with Gasteiger partial charge in [-0.3, -0.25) is 4.79 Å². The summed E-state index contributed by atoms with van der Waals surface area (Å²) in [5.41, 5.74) is 0. The zero-order chi connectivity index (χ0) is 19.0. The maximum atomic E-state index is 13.5. The Balaban J connectivity index is 1.47. The maximum absolute atomic E-state index is 13.5. The van der Waals surface area contributed by atoms with Gasteiger partial charge < -0.3 is 15.0 Å². The van der Waals surface area contributed by atoms with Gasteiger partial charge in [0.15, 0.2) is 5.06 Å². The number of ether oxygens (including phenoxy) is 1. The number of hydrogen-bond acceptors (Lipinski definition) is 6. The second-order valence-electron chi connectivity index (χ2n) is 6.89. The number of carbonyl (C=O) groups is 1. The Morgan fingerprint density at radius 1 is 1.44 bits per heavy atom. The molecule has 27 heavy (non-hydrogen) atoms. The van der Waals surface area contributed by atoms with Crippen molar-refractivity contribution in [1.82, 2.24) is 19.7 Å². The van der Waals surface area contributed by atoms with Crippen LogP contribution in [0.4, 0.5) is 14.7 Å². The quantitative estimate of drug-likeness (QED) is 0.859. The fourth-order valence-electron chi connectivity index (χ4n) is 3.92. The highest BCUT2D eigenvalue weighted by molar-refractivity contribution is 7.15. The van der Waals surface area contributed by atoms with Gasteiger partial charge in [-0.05, 0) is 37.3 Å². The van der Waals surface area contributed by atoms with Gasteiger partial charge in [-0.1, -0.05) is 11.3 Å². The Morgan fingerprint density at radius 2 is 2.30 bits per heavy atom. The molecule has 0 bridgehead atoms. The minimum Gasteiger partial charge on any atom is -0.487 e. The first-order chi connectivity index (χ1) is 13.1. The van der Waals surface area contributed by atoms with Crippen LogP contribution in [-0.4, -0.2) is 58.2 Å². The standard InChI is InChI=1S/C17H21F2N5O2S/c1-26-14-5-4-13(27-14)16(25)23-6-2-3-10(8-23)11-7-12(15(18)19)24-17(22-11)20-9-21-24/h4-5,9-12,15H,2-3,6-8H2,1H3,(H,20,21,22)/t10-,11-,12+/m0/s1. The molecule has 2 aromatic rings. The van der Waals surface area contributed by atoms with Crippen LogP contribution in [0.15, 0.2) is 18.5 Å². The first kappa shape index (κ1) is 18.1. The molecule has 0 saturated carbocycles. The number of carbonyl (C=O) groups excluding carboxylic acids is 1. The van der Waals surface area contributed by atoms with E-state index in [1.165, 1.54) is 22.3 Å². The average molecular weight is 397 g/mol. The molecular formula is C17H21F2N5O2S. The van der Waals surface area contributed by atoms with Crippen molar-refractivity contribution < 1.29 is 18.3 Å². The van der Waals surface area contributed by atoms with Crippen LogP contribution in [0.5, 0.6) is 5.06 Å². The predicted octanol–water partition coefficient (Wildman–Crippen LogP) is 2.89. The average Bonchev–Trinajstić information content (AvgIpc) is 3.35. The molecule has 1 saturated heterocycles. The van der Waals surface area contributed by atoms with E-state index in [9.17, 15) is 13.6 Å². The van der Waals surface area contributed by atoms with Crippen molar-refractivity contribution in [1.29, 1.82) is 0 Å². The first-order valence-electron chi connectivity index (χ1n) is 8.94. The Kier molecular flexibility index (Phi) is 4.98. The Morgan fingerprint density at radius 3 is 3.04 bits per heavy atom. The molecule has 10 heteroatoms. The van der Waals surface area contributed by atoms with Crippen molar-refractivity contribution >= 4 is 23.2 Å². The number of anilines is 1. The highest BCUT2D eigenvalue weighted by atomic mass is 32.1. The van der Waals surface area contributed by atoms with E-state index in [2.05, 4.69) is 15.4 Å². The number of likely N-dealkylation sites (tertiary alicyclic amines) is 1. The molecule has 0 aromatic carbocycles. The summed E-state index contributed by atoms with van der Waals surface area (Å²) in [6.45, 7) is 1.22. The van der Waals surface area contributed by atoms with E-state index in [0.717, 1.165) is 12.8 Å². The fourth-order valence-corrected chi connectivity index (χ4v) is 4.71. The van der Waals surface area contributed by atoms with Crippen LogP contribution in [0.1, 0.15) is 35.0 Å². The number of rotatable bonds is 4. The van der Waals surface area contributed by atoms with E-state index in [4.69, 9.17) is 4.74 Å². The summed E-state index contributed by atoms with van der Waals surface area (Å²) in [6, 6.07) is 2.40. The van der Waals surface area contributed by atoms with Crippen LogP contribution in [0.2, 0.25) is 0 Å². The van der Waals surface area contributed by atoms with Gasteiger partial charge in [0.1, 0.15) is 12.4 Å². The van der Waals surface area contributed by atoms with E-state index < -0.39 is 12.5 Å². The van der Waals surface area contributed by atoms with E-state index in [0.29, 0.717) is 29.0 Å². The lowest BCUT2D eigenvalue weighted by Gasteiger charge is -2.40. The van der Waals surface area contributed by atoms with Crippen molar-refractivity contribution in [2.75, 3.05) is 25.5 Å². The minimum absolute atomic E-state index is 0.0302. The lowest BCUT2D eigenvalue weighted by Crippen LogP contribution is -2.48. The normalized spacial score (nSPS) is 25.2. The van der Waals surface area contributed by atoms with E-state index in [-0.39, 0.29) is 24.3 Å². The summed E-state index contributed by atoms with van der Waals surface area (Å²) in [6.07, 6.45) is 0.798. The first-order valence-corrected chi connectivity index (χ1v) is 9.75.